The molecule has 18 heavy (non-hydrogen) atoms. The van der Waals surface area contributed by atoms with Crippen molar-refractivity contribution in [2.75, 3.05) is 13.1 Å². The highest BCUT2D eigenvalue weighted by Crippen LogP contribution is 2.42. The normalized spacial score (nSPS) is 23.3. The highest BCUT2D eigenvalue weighted by molar-refractivity contribution is 5.87. The van der Waals surface area contributed by atoms with Crippen LogP contribution in [0.2, 0.25) is 0 Å². The van der Waals surface area contributed by atoms with Gasteiger partial charge in [-0.2, -0.15) is 0 Å². The third-order valence-corrected chi connectivity index (χ3v) is 4.85. The summed E-state index contributed by atoms with van der Waals surface area (Å²) in [6.45, 7) is 4.75. The molecule has 0 amide bonds. The van der Waals surface area contributed by atoms with Gasteiger partial charge in [0.15, 0.2) is 0 Å². The van der Waals surface area contributed by atoms with Crippen molar-refractivity contribution in [2.24, 2.45) is 7.05 Å². The molecule has 0 aliphatic carbocycles. The molecule has 2 nitrogen and oxygen atoms in total. The standard InChI is InChI=1S/C16H20N2/c1-11-5-6-13-12(10-11)16-14(17(13)2)7-9-18-8-3-4-15(16)18/h5-6,10,15H,3-4,7-9H2,1-2H3. The molecular weight excluding hydrogens is 220 g/mol. The number of hydrogen-bond donors (Lipinski definition) is 0. The first-order chi connectivity index (χ1) is 8.75. The van der Waals surface area contributed by atoms with Crippen LogP contribution in [0.15, 0.2) is 18.2 Å². The fourth-order valence-corrected chi connectivity index (χ4v) is 3.98. The van der Waals surface area contributed by atoms with Gasteiger partial charge in [0.05, 0.1) is 0 Å². The molecule has 0 saturated carbocycles. The molecule has 2 aliphatic heterocycles. The molecule has 2 heteroatoms. The minimum absolute atomic E-state index is 0.694. The molecule has 1 atom stereocenters. The van der Waals surface area contributed by atoms with Crippen molar-refractivity contribution in [1.82, 2.24) is 9.47 Å². The summed E-state index contributed by atoms with van der Waals surface area (Å²) >= 11 is 0. The average Bonchev–Trinajstić information content (AvgIpc) is 2.93. The molecule has 0 radical (unpaired) electrons. The van der Waals surface area contributed by atoms with E-state index in [1.165, 1.54) is 48.8 Å². The van der Waals surface area contributed by atoms with E-state index in [0.29, 0.717) is 6.04 Å². The quantitative estimate of drug-likeness (QED) is 0.686. The Balaban J connectivity index is 2.04. The highest BCUT2D eigenvalue weighted by atomic mass is 15.2. The maximum Gasteiger partial charge on any atom is 0.0483 e. The minimum atomic E-state index is 0.694. The third-order valence-electron chi connectivity index (χ3n) is 4.85. The third kappa shape index (κ3) is 1.27. The molecule has 0 N–H and O–H groups in total. The summed E-state index contributed by atoms with van der Waals surface area (Å²) in [7, 11) is 2.24. The Morgan fingerprint density at radius 1 is 1.22 bits per heavy atom. The number of nitrogens with zero attached hydrogens (tertiary/aromatic N) is 2. The topological polar surface area (TPSA) is 8.17 Å². The molecule has 4 rings (SSSR count). The molecule has 0 spiro atoms. The zero-order valence-electron chi connectivity index (χ0n) is 11.2. The number of hydrogen-bond acceptors (Lipinski definition) is 1. The molecule has 1 aromatic carbocycles. The van der Waals surface area contributed by atoms with E-state index in [1.807, 2.05) is 0 Å². The van der Waals surface area contributed by atoms with E-state index in [0.717, 1.165) is 0 Å². The smallest absolute Gasteiger partial charge is 0.0483 e. The maximum absolute atomic E-state index is 2.68. The first-order valence-corrected chi connectivity index (χ1v) is 7.07. The van der Waals surface area contributed by atoms with Gasteiger partial charge in [0, 0.05) is 42.7 Å². The number of rotatable bonds is 0. The average molecular weight is 240 g/mol. The monoisotopic (exact) mass is 240 g/mol. The fraction of sp³-hybridized carbons (Fsp3) is 0.500. The van der Waals surface area contributed by atoms with Gasteiger partial charge in [-0.25, -0.2) is 0 Å². The van der Waals surface area contributed by atoms with Gasteiger partial charge in [-0.1, -0.05) is 11.6 Å². The van der Waals surface area contributed by atoms with Crippen molar-refractivity contribution < 1.29 is 0 Å². The summed E-state index contributed by atoms with van der Waals surface area (Å²) in [6, 6.07) is 7.61. The molecular formula is C16H20N2. The summed E-state index contributed by atoms with van der Waals surface area (Å²) < 4.78 is 2.43. The van der Waals surface area contributed by atoms with E-state index < -0.39 is 0 Å². The SMILES string of the molecule is Cc1ccc2c(c1)c1c(n2C)CCN2CCCC12. The predicted octanol–water partition coefficient (Wildman–Crippen LogP) is 3.18. The van der Waals surface area contributed by atoms with E-state index in [2.05, 4.69) is 41.6 Å². The van der Waals surface area contributed by atoms with Crippen LogP contribution in [0.25, 0.3) is 10.9 Å². The van der Waals surface area contributed by atoms with E-state index in [9.17, 15) is 0 Å². The van der Waals surface area contributed by atoms with Crippen LogP contribution >= 0.6 is 0 Å². The van der Waals surface area contributed by atoms with Gasteiger partial charge in [-0.15, -0.1) is 0 Å². The molecule has 1 fully saturated rings. The van der Waals surface area contributed by atoms with Gasteiger partial charge < -0.3 is 4.57 Å². The Bertz CT molecular complexity index is 624. The number of benzene rings is 1. The lowest BCUT2D eigenvalue weighted by Crippen LogP contribution is -2.31. The van der Waals surface area contributed by atoms with Crippen LogP contribution in [-0.4, -0.2) is 22.6 Å². The van der Waals surface area contributed by atoms with Crippen LogP contribution in [0.5, 0.6) is 0 Å². The van der Waals surface area contributed by atoms with Crippen molar-refractivity contribution >= 4 is 10.9 Å². The van der Waals surface area contributed by atoms with E-state index >= 15 is 0 Å². The Morgan fingerprint density at radius 3 is 3.00 bits per heavy atom. The second kappa shape index (κ2) is 3.61. The summed E-state index contributed by atoms with van der Waals surface area (Å²) in [5.74, 6) is 0. The molecule has 3 heterocycles. The Morgan fingerprint density at radius 2 is 2.11 bits per heavy atom. The van der Waals surface area contributed by atoms with Crippen LogP contribution in [0, 0.1) is 6.92 Å². The predicted molar refractivity (Wildman–Crippen MR) is 74.9 cm³/mol. The summed E-state index contributed by atoms with van der Waals surface area (Å²) in [5.41, 5.74) is 6.02. The van der Waals surface area contributed by atoms with Gasteiger partial charge in [0.25, 0.3) is 0 Å². The summed E-state index contributed by atoms with van der Waals surface area (Å²) in [6.07, 6.45) is 3.93. The van der Waals surface area contributed by atoms with Crippen LogP contribution < -0.4 is 0 Å². The first-order valence-electron chi connectivity index (χ1n) is 7.07. The van der Waals surface area contributed by atoms with Crippen LogP contribution in [0.1, 0.15) is 35.7 Å². The largest absolute Gasteiger partial charge is 0.347 e. The highest BCUT2D eigenvalue weighted by Gasteiger charge is 2.34. The van der Waals surface area contributed by atoms with Crippen LogP contribution in [-0.2, 0) is 13.5 Å². The van der Waals surface area contributed by atoms with Gasteiger partial charge in [-0.3, -0.25) is 4.90 Å². The molecule has 0 bridgehead atoms. The summed E-state index contributed by atoms with van der Waals surface area (Å²) in [5, 5.41) is 1.50. The van der Waals surface area contributed by atoms with Crippen molar-refractivity contribution in [3.63, 3.8) is 0 Å². The van der Waals surface area contributed by atoms with Crippen molar-refractivity contribution in [2.45, 2.75) is 32.2 Å². The van der Waals surface area contributed by atoms with E-state index in [1.54, 1.807) is 11.3 Å². The van der Waals surface area contributed by atoms with Crippen molar-refractivity contribution in [3.05, 3.63) is 35.0 Å². The Labute approximate surface area is 108 Å². The van der Waals surface area contributed by atoms with Crippen LogP contribution in [0.4, 0.5) is 0 Å². The molecule has 94 valence electrons. The van der Waals surface area contributed by atoms with E-state index in [4.69, 9.17) is 0 Å². The van der Waals surface area contributed by atoms with Gasteiger partial charge in [0.2, 0.25) is 0 Å². The Kier molecular flexibility index (Phi) is 2.13. The molecule has 2 aromatic rings. The van der Waals surface area contributed by atoms with Gasteiger partial charge >= 0.3 is 0 Å². The Hall–Kier alpha value is -1.28. The fourth-order valence-electron chi connectivity index (χ4n) is 3.98. The van der Waals surface area contributed by atoms with Gasteiger partial charge in [-0.05, 0) is 44.0 Å². The molecule has 1 aromatic heterocycles. The van der Waals surface area contributed by atoms with Crippen molar-refractivity contribution in [1.29, 1.82) is 0 Å². The second-order valence-electron chi connectivity index (χ2n) is 5.88. The lowest BCUT2D eigenvalue weighted by Gasteiger charge is -2.30. The second-order valence-corrected chi connectivity index (χ2v) is 5.88. The zero-order chi connectivity index (χ0) is 12.3. The lowest BCUT2D eigenvalue weighted by atomic mass is 9.95. The molecule has 2 aliphatic rings. The number of aryl methyl sites for hydroxylation is 2. The molecule has 1 unspecified atom stereocenters. The zero-order valence-corrected chi connectivity index (χ0v) is 11.2. The maximum atomic E-state index is 2.68. The minimum Gasteiger partial charge on any atom is -0.347 e. The lowest BCUT2D eigenvalue weighted by molar-refractivity contribution is 0.242. The van der Waals surface area contributed by atoms with E-state index in [-0.39, 0.29) is 0 Å². The summed E-state index contributed by atoms with van der Waals surface area (Å²) in [4.78, 5) is 2.68. The van der Waals surface area contributed by atoms with Crippen LogP contribution in [0.3, 0.4) is 0 Å². The first kappa shape index (κ1) is 10.6. The van der Waals surface area contributed by atoms with Gasteiger partial charge in [0.1, 0.15) is 0 Å². The number of fused-ring (bicyclic) bond motifs is 5. The molecule has 1 saturated heterocycles. The van der Waals surface area contributed by atoms with Crippen molar-refractivity contribution in [3.8, 4) is 0 Å². The number of aromatic nitrogens is 1.